The fraction of sp³-hybridized carbons (Fsp3) is 0.667. The molecule has 1 aromatic carbocycles. The first-order valence-corrected chi connectivity index (χ1v) is 8.21. The van der Waals surface area contributed by atoms with Crippen LogP contribution in [-0.2, 0) is 0 Å². The zero-order valence-corrected chi connectivity index (χ0v) is 12.7. The summed E-state index contributed by atoms with van der Waals surface area (Å²) in [7, 11) is 0. The first-order valence-electron chi connectivity index (χ1n) is 8.21. The normalized spacial score (nSPS) is 35.3. The van der Waals surface area contributed by atoms with E-state index in [1.165, 1.54) is 50.8 Å². The molecule has 2 N–H and O–H groups in total. The highest BCUT2D eigenvalue weighted by Crippen LogP contribution is 2.33. The van der Waals surface area contributed by atoms with E-state index in [4.69, 9.17) is 5.73 Å². The van der Waals surface area contributed by atoms with Gasteiger partial charge in [-0.25, -0.2) is 0 Å². The van der Waals surface area contributed by atoms with Crippen molar-refractivity contribution in [1.82, 2.24) is 4.90 Å². The molecule has 1 saturated carbocycles. The van der Waals surface area contributed by atoms with Gasteiger partial charge in [-0.2, -0.15) is 0 Å². The van der Waals surface area contributed by atoms with Gasteiger partial charge in [0.15, 0.2) is 0 Å². The summed E-state index contributed by atoms with van der Waals surface area (Å²) in [6, 6.07) is 11.0. The standard InChI is InChI=1S/C18H28N2/c1-15-6-5-10-18(19,12-15)14-20-11-9-17(13-20)16-7-3-2-4-8-16/h2-4,7-8,15,17H,5-6,9-14,19H2,1H3. The van der Waals surface area contributed by atoms with Crippen LogP contribution in [-0.4, -0.2) is 30.1 Å². The van der Waals surface area contributed by atoms with E-state index < -0.39 is 0 Å². The van der Waals surface area contributed by atoms with Gasteiger partial charge in [-0.3, -0.25) is 0 Å². The van der Waals surface area contributed by atoms with Gasteiger partial charge in [0, 0.05) is 18.6 Å². The third kappa shape index (κ3) is 3.24. The van der Waals surface area contributed by atoms with Crippen molar-refractivity contribution in [2.45, 2.75) is 50.5 Å². The lowest BCUT2D eigenvalue weighted by molar-refractivity contribution is 0.168. The molecule has 20 heavy (non-hydrogen) atoms. The molecule has 2 nitrogen and oxygen atoms in total. The molecule has 1 heterocycles. The number of nitrogens with two attached hydrogens (primary N) is 1. The minimum atomic E-state index is 0.0727. The topological polar surface area (TPSA) is 29.3 Å². The van der Waals surface area contributed by atoms with E-state index in [0.29, 0.717) is 5.92 Å². The number of hydrogen-bond donors (Lipinski definition) is 1. The highest BCUT2D eigenvalue weighted by molar-refractivity contribution is 5.21. The fourth-order valence-corrected chi connectivity index (χ4v) is 4.26. The fourth-order valence-electron chi connectivity index (χ4n) is 4.26. The monoisotopic (exact) mass is 272 g/mol. The zero-order valence-electron chi connectivity index (χ0n) is 12.7. The summed E-state index contributed by atoms with van der Waals surface area (Å²) in [5.74, 6) is 1.52. The molecule has 1 aliphatic heterocycles. The van der Waals surface area contributed by atoms with Crippen LogP contribution in [0.3, 0.4) is 0 Å². The first kappa shape index (κ1) is 14.1. The SMILES string of the molecule is CC1CCCC(N)(CN2CCC(c3ccccc3)C2)C1. The third-order valence-corrected chi connectivity index (χ3v) is 5.21. The molecule has 2 aliphatic rings. The highest BCUT2D eigenvalue weighted by atomic mass is 15.2. The molecule has 1 aliphatic carbocycles. The van der Waals surface area contributed by atoms with Crippen LogP contribution in [0.1, 0.15) is 50.5 Å². The average Bonchev–Trinajstić information content (AvgIpc) is 2.87. The summed E-state index contributed by atoms with van der Waals surface area (Å²) in [6.07, 6.45) is 6.39. The minimum absolute atomic E-state index is 0.0727. The quantitative estimate of drug-likeness (QED) is 0.914. The number of rotatable bonds is 3. The Morgan fingerprint density at radius 2 is 2.05 bits per heavy atom. The van der Waals surface area contributed by atoms with E-state index in [1.54, 1.807) is 0 Å². The van der Waals surface area contributed by atoms with Gasteiger partial charge in [0.05, 0.1) is 0 Å². The first-order chi connectivity index (χ1) is 9.65. The Balaban J connectivity index is 1.58. The van der Waals surface area contributed by atoms with Gasteiger partial charge in [0.2, 0.25) is 0 Å². The van der Waals surface area contributed by atoms with Crippen LogP contribution in [0, 0.1) is 5.92 Å². The maximum absolute atomic E-state index is 6.67. The maximum atomic E-state index is 6.67. The van der Waals surface area contributed by atoms with E-state index in [0.717, 1.165) is 12.5 Å². The molecule has 0 spiro atoms. The second kappa shape index (κ2) is 5.87. The summed E-state index contributed by atoms with van der Waals surface area (Å²) in [5, 5.41) is 0. The smallest absolute Gasteiger partial charge is 0.0285 e. The molecule has 3 atom stereocenters. The van der Waals surface area contributed by atoms with Crippen molar-refractivity contribution in [2.24, 2.45) is 11.7 Å². The molecule has 3 rings (SSSR count). The summed E-state index contributed by atoms with van der Waals surface area (Å²) >= 11 is 0. The Bertz CT molecular complexity index is 430. The molecule has 1 saturated heterocycles. The Hall–Kier alpha value is -0.860. The molecule has 0 amide bonds. The highest BCUT2D eigenvalue weighted by Gasteiger charge is 2.35. The lowest BCUT2D eigenvalue weighted by Crippen LogP contribution is -2.52. The Morgan fingerprint density at radius 1 is 1.25 bits per heavy atom. The molecule has 2 heteroatoms. The molecule has 0 radical (unpaired) electrons. The number of nitrogens with zero attached hydrogens (tertiary/aromatic N) is 1. The molecular weight excluding hydrogens is 244 g/mol. The molecule has 3 unspecified atom stereocenters. The van der Waals surface area contributed by atoms with Gasteiger partial charge in [-0.15, -0.1) is 0 Å². The minimum Gasteiger partial charge on any atom is -0.324 e. The summed E-state index contributed by atoms with van der Waals surface area (Å²) < 4.78 is 0. The molecule has 0 bridgehead atoms. The number of likely N-dealkylation sites (tertiary alicyclic amines) is 1. The summed E-state index contributed by atoms with van der Waals surface area (Å²) in [5.41, 5.74) is 8.24. The maximum Gasteiger partial charge on any atom is 0.0285 e. The van der Waals surface area contributed by atoms with Crippen LogP contribution in [0.15, 0.2) is 30.3 Å². The molecule has 0 aromatic heterocycles. The van der Waals surface area contributed by atoms with Crippen LogP contribution in [0.25, 0.3) is 0 Å². The van der Waals surface area contributed by atoms with Gasteiger partial charge in [0.1, 0.15) is 0 Å². The van der Waals surface area contributed by atoms with E-state index >= 15 is 0 Å². The van der Waals surface area contributed by atoms with E-state index in [-0.39, 0.29) is 5.54 Å². The summed E-state index contributed by atoms with van der Waals surface area (Å²) in [4.78, 5) is 2.61. The average molecular weight is 272 g/mol. The molecule has 2 fully saturated rings. The number of hydrogen-bond acceptors (Lipinski definition) is 2. The second-order valence-electron chi connectivity index (χ2n) is 7.20. The van der Waals surface area contributed by atoms with E-state index in [2.05, 4.69) is 42.2 Å². The third-order valence-electron chi connectivity index (χ3n) is 5.21. The van der Waals surface area contributed by atoms with Crippen LogP contribution < -0.4 is 5.73 Å². The predicted octanol–water partition coefficient (Wildman–Crippen LogP) is 3.38. The molecular formula is C18H28N2. The summed E-state index contributed by atoms with van der Waals surface area (Å²) in [6.45, 7) is 5.86. The van der Waals surface area contributed by atoms with Gasteiger partial charge < -0.3 is 10.6 Å². The lowest BCUT2D eigenvalue weighted by Gasteiger charge is -2.39. The van der Waals surface area contributed by atoms with Gasteiger partial charge >= 0.3 is 0 Å². The van der Waals surface area contributed by atoms with Crippen LogP contribution in [0.4, 0.5) is 0 Å². The zero-order chi connectivity index (χ0) is 14.0. The second-order valence-corrected chi connectivity index (χ2v) is 7.20. The van der Waals surface area contributed by atoms with Crippen molar-refractivity contribution < 1.29 is 0 Å². The van der Waals surface area contributed by atoms with Crippen molar-refractivity contribution >= 4 is 0 Å². The number of benzene rings is 1. The van der Waals surface area contributed by atoms with Crippen molar-refractivity contribution in [3.05, 3.63) is 35.9 Å². The van der Waals surface area contributed by atoms with Crippen LogP contribution >= 0.6 is 0 Å². The van der Waals surface area contributed by atoms with Crippen molar-refractivity contribution in [1.29, 1.82) is 0 Å². The molecule has 110 valence electrons. The van der Waals surface area contributed by atoms with Gasteiger partial charge in [-0.1, -0.05) is 50.1 Å². The van der Waals surface area contributed by atoms with E-state index in [9.17, 15) is 0 Å². The predicted molar refractivity (Wildman–Crippen MR) is 84.8 cm³/mol. The van der Waals surface area contributed by atoms with Crippen molar-refractivity contribution in [3.8, 4) is 0 Å². The molecule has 1 aromatic rings. The van der Waals surface area contributed by atoms with Gasteiger partial charge in [-0.05, 0) is 43.2 Å². The largest absolute Gasteiger partial charge is 0.324 e. The Kier molecular flexibility index (Phi) is 4.13. The Morgan fingerprint density at radius 3 is 2.80 bits per heavy atom. The van der Waals surface area contributed by atoms with Gasteiger partial charge in [0.25, 0.3) is 0 Å². The Labute approximate surface area is 123 Å². The van der Waals surface area contributed by atoms with Crippen LogP contribution in [0.5, 0.6) is 0 Å². The van der Waals surface area contributed by atoms with Crippen LogP contribution in [0.2, 0.25) is 0 Å². The van der Waals surface area contributed by atoms with Crippen molar-refractivity contribution in [2.75, 3.05) is 19.6 Å². The van der Waals surface area contributed by atoms with E-state index in [1.807, 2.05) is 0 Å². The van der Waals surface area contributed by atoms with Crippen molar-refractivity contribution in [3.63, 3.8) is 0 Å². The lowest BCUT2D eigenvalue weighted by atomic mass is 9.77.